The van der Waals surface area contributed by atoms with Gasteiger partial charge in [0.05, 0.1) is 0 Å². The van der Waals surface area contributed by atoms with E-state index in [2.05, 4.69) is 5.32 Å². The molecular weight excluding hydrogens is 274 g/mol. The van der Waals surface area contributed by atoms with E-state index in [1.807, 2.05) is 12.1 Å². The summed E-state index contributed by atoms with van der Waals surface area (Å²) in [4.78, 5) is 0. The van der Waals surface area contributed by atoms with Crippen LogP contribution in [0.15, 0.2) is 24.3 Å². The molecule has 1 aliphatic carbocycles. The lowest BCUT2D eigenvalue weighted by Gasteiger charge is -2.14. The van der Waals surface area contributed by atoms with Gasteiger partial charge in [-0.15, -0.1) is 0 Å². The third-order valence-electron chi connectivity index (χ3n) is 3.84. The van der Waals surface area contributed by atoms with Crippen LogP contribution in [0.4, 0.5) is 0 Å². The van der Waals surface area contributed by atoms with Gasteiger partial charge in [-0.1, -0.05) is 37.3 Å². The molecule has 1 atom stereocenters. The van der Waals surface area contributed by atoms with Crippen LogP contribution in [0.2, 0.25) is 5.02 Å². The first-order chi connectivity index (χ1) is 9.74. The minimum Gasteiger partial charge on any atom is -0.491 e. The van der Waals surface area contributed by atoms with Crippen molar-refractivity contribution in [3.8, 4) is 5.75 Å². The normalized spacial score (nSPS) is 17.3. The Morgan fingerprint density at radius 2 is 1.95 bits per heavy atom. The lowest BCUT2D eigenvalue weighted by atomic mass is 10.0. The van der Waals surface area contributed by atoms with Crippen molar-refractivity contribution >= 4 is 11.6 Å². The van der Waals surface area contributed by atoms with Crippen LogP contribution < -0.4 is 10.1 Å². The Labute approximate surface area is 126 Å². The number of benzene rings is 1. The number of rotatable bonds is 8. The summed E-state index contributed by atoms with van der Waals surface area (Å²) < 4.78 is 5.50. The van der Waals surface area contributed by atoms with Gasteiger partial charge in [0.15, 0.2) is 0 Å². The molecule has 0 aliphatic heterocycles. The van der Waals surface area contributed by atoms with Gasteiger partial charge in [0.1, 0.15) is 18.5 Å². The molecule has 1 fully saturated rings. The third kappa shape index (κ3) is 5.70. The van der Waals surface area contributed by atoms with Gasteiger partial charge >= 0.3 is 0 Å². The molecule has 0 amide bonds. The number of halogens is 1. The summed E-state index contributed by atoms with van der Waals surface area (Å²) in [5, 5.41) is 13.8. The third-order valence-corrected chi connectivity index (χ3v) is 4.09. The highest BCUT2D eigenvalue weighted by atomic mass is 35.5. The van der Waals surface area contributed by atoms with Gasteiger partial charge in [-0.3, -0.25) is 0 Å². The Hall–Kier alpha value is -0.770. The number of ether oxygens (including phenoxy) is 1. The lowest BCUT2D eigenvalue weighted by molar-refractivity contribution is 0.106. The van der Waals surface area contributed by atoms with Gasteiger partial charge in [0, 0.05) is 11.6 Å². The molecule has 0 aromatic heterocycles. The van der Waals surface area contributed by atoms with E-state index in [9.17, 15) is 5.11 Å². The van der Waals surface area contributed by atoms with E-state index in [1.54, 1.807) is 12.1 Å². The molecule has 1 aromatic rings. The maximum atomic E-state index is 9.84. The standard InChI is InChI=1S/C16H24ClNO2/c17-14-5-7-16(8-6-14)20-12-15(19)11-18-10-9-13-3-1-2-4-13/h5-8,13,15,18-19H,1-4,9-12H2. The molecule has 1 aliphatic rings. The van der Waals surface area contributed by atoms with Crippen LogP contribution >= 0.6 is 11.6 Å². The molecule has 1 unspecified atom stereocenters. The van der Waals surface area contributed by atoms with Gasteiger partial charge in [-0.25, -0.2) is 0 Å². The van der Waals surface area contributed by atoms with Crippen LogP contribution in [0, 0.1) is 5.92 Å². The van der Waals surface area contributed by atoms with Crippen molar-refractivity contribution in [2.45, 2.75) is 38.2 Å². The van der Waals surface area contributed by atoms with Gasteiger partial charge in [-0.2, -0.15) is 0 Å². The first-order valence-corrected chi connectivity index (χ1v) is 7.89. The van der Waals surface area contributed by atoms with Crippen molar-refractivity contribution in [2.75, 3.05) is 19.7 Å². The summed E-state index contributed by atoms with van der Waals surface area (Å²) in [5.41, 5.74) is 0. The molecule has 0 heterocycles. The van der Waals surface area contributed by atoms with Crippen molar-refractivity contribution in [3.05, 3.63) is 29.3 Å². The molecule has 3 nitrogen and oxygen atoms in total. The predicted octanol–water partition coefficient (Wildman–Crippen LogP) is 3.25. The van der Waals surface area contributed by atoms with Crippen molar-refractivity contribution in [1.29, 1.82) is 0 Å². The number of nitrogens with one attached hydrogen (secondary N) is 1. The molecule has 2 N–H and O–H groups in total. The van der Waals surface area contributed by atoms with E-state index in [4.69, 9.17) is 16.3 Å². The van der Waals surface area contributed by atoms with E-state index < -0.39 is 6.10 Å². The molecule has 0 radical (unpaired) electrons. The van der Waals surface area contributed by atoms with E-state index in [1.165, 1.54) is 32.1 Å². The van der Waals surface area contributed by atoms with E-state index in [0.29, 0.717) is 18.2 Å². The summed E-state index contributed by atoms with van der Waals surface area (Å²) in [7, 11) is 0. The molecule has 0 bridgehead atoms. The average Bonchev–Trinajstić information content (AvgIpc) is 2.96. The first-order valence-electron chi connectivity index (χ1n) is 7.51. The fourth-order valence-corrected chi connectivity index (χ4v) is 2.78. The fourth-order valence-electron chi connectivity index (χ4n) is 2.66. The van der Waals surface area contributed by atoms with Crippen molar-refractivity contribution < 1.29 is 9.84 Å². The van der Waals surface area contributed by atoms with Gasteiger partial charge < -0.3 is 15.2 Å². The van der Waals surface area contributed by atoms with E-state index in [0.717, 1.165) is 18.2 Å². The minimum atomic E-state index is -0.478. The van der Waals surface area contributed by atoms with Crippen molar-refractivity contribution in [1.82, 2.24) is 5.32 Å². The van der Waals surface area contributed by atoms with Gasteiger partial charge in [-0.05, 0) is 43.1 Å². The number of hydrogen-bond acceptors (Lipinski definition) is 3. The summed E-state index contributed by atoms with van der Waals surface area (Å²) in [5.74, 6) is 1.63. The summed E-state index contributed by atoms with van der Waals surface area (Å²) in [6.07, 6.45) is 6.29. The van der Waals surface area contributed by atoms with Crippen LogP contribution in [0.5, 0.6) is 5.75 Å². The number of aliphatic hydroxyl groups excluding tert-OH is 1. The average molecular weight is 298 g/mol. The highest BCUT2D eigenvalue weighted by Crippen LogP contribution is 2.26. The zero-order valence-corrected chi connectivity index (χ0v) is 12.6. The number of aliphatic hydroxyl groups is 1. The molecule has 1 saturated carbocycles. The van der Waals surface area contributed by atoms with Crippen molar-refractivity contribution in [3.63, 3.8) is 0 Å². The lowest BCUT2D eigenvalue weighted by Crippen LogP contribution is -2.32. The molecule has 20 heavy (non-hydrogen) atoms. The molecule has 1 aromatic carbocycles. The van der Waals surface area contributed by atoms with Crippen LogP contribution in [-0.4, -0.2) is 30.9 Å². The zero-order chi connectivity index (χ0) is 14.2. The highest BCUT2D eigenvalue weighted by Gasteiger charge is 2.14. The maximum absolute atomic E-state index is 9.84. The smallest absolute Gasteiger partial charge is 0.119 e. The predicted molar refractivity (Wildman–Crippen MR) is 82.4 cm³/mol. The minimum absolute atomic E-state index is 0.304. The van der Waals surface area contributed by atoms with Crippen LogP contribution in [0.1, 0.15) is 32.1 Å². The first kappa shape index (κ1) is 15.6. The highest BCUT2D eigenvalue weighted by molar-refractivity contribution is 6.30. The van der Waals surface area contributed by atoms with Crippen LogP contribution in [-0.2, 0) is 0 Å². The molecular formula is C16H24ClNO2. The van der Waals surface area contributed by atoms with Crippen molar-refractivity contribution in [2.24, 2.45) is 5.92 Å². The molecule has 4 heteroatoms. The Morgan fingerprint density at radius 3 is 2.65 bits per heavy atom. The zero-order valence-electron chi connectivity index (χ0n) is 11.9. The fraction of sp³-hybridized carbons (Fsp3) is 0.625. The Kier molecular flexibility index (Phi) is 6.64. The van der Waals surface area contributed by atoms with E-state index >= 15 is 0 Å². The topological polar surface area (TPSA) is 41.5 Å². The second-order valence-corrected chi connectivity index (χ2v) is 6.00. The SMILES string of the molecule is OC(CNCCC1CCCC1)COc1ccc(Cl)cc1. The second-order valence-electron chi connectivity index (χ2n) is 5.56. The summed E-state index contributed by atoms with van der Waals surface area (Å²) in [6.45, 7) is 1.88. The maximum Gasteiger partial charge on any atom is 0.119 e. The molecule has 112 valence electrons. The molecule has 0 spiro atoms. The van der Waals surface area contributed by atoms with E-state index in [-0.39, 0.29) is 0 Å². The Bertz CT molecular complexity index is 377. The summed E-state index contributed by atoms with van der Waals surface area (Å²) >= 11 is 5.80. The second kappa shape index (κ2) is 8.50. The summed E-state index contributed by atoms with van der Waals surface area (Å²) in [6, 6.07) is 7.18. The van der Waals surface area contributed by atoms with Crippen LogP contribution in [0.3, 0.4) is 0 Å². The largest absolute Gasteiger partial charge is 0.491 e. The van der Waals surface area contributed by atoms with Gasteiger partial charge in [0.25, 0.3) is 0 Å². The molecule has 0 saturated heterocycles. The number of hydrogen-bond donors (Lipinski definition) is 2. The van der Waals surface area contributed by atoms with Gasteiger partial charge in [0.2, 0.25) is 0 Å². The Balaban J connectivity index is 1.53. The monoisotopic (exact) mass is 297 g/mol. The van der Waals surface area contributed by atoms with Crippen LogP contribution in [0.25, 0.3) is 0 Å². The quantitative estimate of drug-likeness (QED) is 0.724. The Morgan fingerprint density at radius 1 is 1.25 bits per heavy atom. The molecule has 2 rings (SSSR count).